The van der Waals surface area contributed by atoms with Crippen molar-refractivity contribution >= 4 is 11.3 Å². The largest absolute Gasteiger partial charge is 0.308 e. The third-order valence-electron chi connectivity index (χ3n) is 3.29. The first-order valence-electron chi connectivity index (χ1n) is 7.19. The van der Waals surface area contributed by atoms with Crippen LogP contribution < -0.4 is 5.32 Å². The summed E-state index contributed by atoms with van der Waals surface area (Å²) in [5.41, 5.74) is 2.80. The molecule has 2 nitrogen and oxygen atoms in total. The highest BCUT2D eigenvalue weighted by Gasteiger charge is 2.03. The Labute approximate surface area is 126 Å². The smallest absolute Gasteiger partial charge is 0.0303 e. The highest BCUT2D eigenvalue weighted by atomic mass is 32.1. The Morgan fingerprint density at radius 3 is 2.30 bits per heavy atom. The van der Waals surface area contributed by atoms with Crippen LogP contribution in [0.5, 0.6) is 0 Å². The van der Waals surface area contributed by atoms with Gasteiger partial charge in [-0.15, -0.1) is 11.3 Å². The van der Waals surface area contributed by atoms with Crippen LogP contribution in [0.3, 0.4) is 0 Å². The maximum absolute atomic E-state index is 3.56. The summed E-state index contributed by atoms with van der Waals surface area (Å²) in [5.74, 6) is 0. The molecule has 0 spiro atoms. The molecule has 1 N–H and O–H groups in total. The minimum Gasteiger partial charge on any atom is -0.308 e. The van der Waals surface area contributed by atoms with E-state index in [1.807, 2.05) is 11.3 Å². The van der Waals surface area contributed by atoms with Gasteiger partial charge in [-0.2, -0.15) is 0 Å². The van der Waals surface area contributed by atoms with Crippen molar-refractivity contribution in [2.75, 3.05) is 14.1 Å². The van der Waals surface area contributed by atoms with E-state index in [4.69, 9.17) is 0 Å². The monoisotopic (exact) mass is 288 g/mol. The second-order valence-corrected chi connectivity index (χ2v) is 6.58. The predicted octanol–water partition coefficient (Wildman–Crippen LogP) is 3.66. The lowest BCUT2D eigenvalue weighted by Gasteiger charge is -2.14. The third kappa shape index (κ3) is 4.44. The van der Waals surface area contributed by atoms with Crippen LogP contribution in [0.1, 0.15) is 27.8 Å². The second-order valence-electron chi connectivity index (χ2n) is 5.33. The molecule has 0 radical (unpaired) electrons. The summed E-state index contributed by atoms with van der Waals surface area (Å²) >= 11 is 1.91. The van der Waals surface area contributed by atoms with Crippen molar-refractivity contribution in [1.82, 2.24) is 10.2 Å². The van der Waals surface area contributed by atoms with E-state index in [-0.39, 0.29) is 0 Å². The maximum atomic E-state index is 3.56. The van der Waals surface area contributed by atoms with Crippen LogP contribution in [0, 0.1) is 0 Å². The van der Waals surface area contributed by atoms with Crippen LogP contribution in [0.25, 0.3) is 0 Å². The lowest BCUT2D eigenvalue weighted by molar-refractivity contribution is 0.400. The molecule has 0 unspecified atom stereocenters. The molecule has 20 heavy (non-hydrogen) atoms. The van der Waals surface area contributed by atoms with Gasteiger partial charge in [0, 0.05) is 29.4 Å². The Balaban J connectivity index is 1.90. The number of nitrogens with one attached hydrogen (secondary N) is 1. The van der Waals surface area contributed by atoms with E-state index in [0.717, 1.165) is 26.1 Å². The van der Waals surface area contributed by atoms with Gasteiger partial charge >= 0.3 is 0 Å². The summed E-state index contributed by atoms with van der Waals surface area (Å²) in [6.07, 6.45) is 1.14. The molecule has 0 aliphatic rings. The van der Waals surface area contributed by atoms with E-state index in [1.54, 1.807) is 0 Å². The number of rotatable bonds is 7. The summed E-state index contributed by atoms with van der Waals surface area (Å²) in [5, 5.41) is 3.56. The average molecular weight is 288 g/mol. The molecule has 0 atom stereocenters. The van der Waals surface area contributed by atoms with Crippen molar-refractivity contribution in [3.05, 3.63) is 57.3 Å². The lowest BCUT2D eigenvalue weighted by atomic mass is 10.1. The normalized spacial score (nSPS) is 11.2. The molecule has 3 heteroatoms. The molecular formula is C17H24N2S. The third-order valence-corrected chi connectivity index (χ3v) is 4.51. The van der Waals surface area contributed by atoms with Gasteiger partial charge in [-0.3, -0.25) is 0 Å². The average Bonchev–Trinajstić information content (AvgIpc) is 2.88. The number of thiophene rings is 1. The molecule has 0 amide bonds. The van der Waals surface area contributed by atoms with Crippen molar-refractivity contribution in [1.29, 1.82) is 0 Å². The number of hydrogen-bond acceptors (Lipinski definition) is 3. The van der Waals surface area contributed by atoms with Gasteiger partial charge in [0.25, 0.3) is 0 Å². The molecule has 0 saturated heterocycles. The van der Waals surface area contributed by atoms with E-state index in [9.17, 15) is 0 Å². The van der Waals surface area contributed by atoms with Crippen molar-refractivity contribution in [3.63, 3.8) is 0 Å². The number of benzene rings is 1. The molecule has 108 valence electrons. The number of aryl methyl sites for hydroxylation is 1. The molecule has 1 heterocycles. The van der Waals surface area contributed by atoms with E-state index >= 15 is 0 Å². The fourth-order valence-corrected chi connectivity index (χ4v) is 3.18. The number of nitrogens with zero attached hydrogens (tertiary/aromatic N) is 1. The van der Waals surface area contributed by atoms with E-state index in [0.29, 0.717) is 0 Å². The highest BCUT2D eigenvalue weighted by molar-refractivity contribution is 7.11. The topological polar surface area (TPSA) is 15.3 Å². The Hall–Kier alpha value is -1.16. The molecular weight excluding hydrogens is 264 g/mol. The molecule has 2 aromatic rings. The summed E-state index contributed by atoms with van der Waals surface area (Å²) in [6, 6.07) is 13.2. The predicted molar refractivity (Wildman–Crippen MR) is 88.1 cm³/mol. The molecule has 0 bridgehead atoms. The molecule has 0 aliphatic heterocycles. The summed E-state index contributed by atoms with van der Waals surface area (Å²) in [7, 11) is 4.23. The molecule has 0 saturated carbocycles. The number of hydrogen-bond donors (Lipinski definition) is 1. The van der Waals surface area contributed by atoms with Crippen molar-refractivity contribution < 1.29 is 0 Å². The quantitative estimate of drug-likeness (QED) is 0.836. The standard InChI is InChI=1S/C17H24N2S/c1-4-16-9-10-17(20-16)12-18-11-14-7-5-6-8-15(14)13-19(2)3/h5-10,18H,4,11-13H2,1-3H3. The molecule has 0 aliphatic carbocycles. The van der Waals surface area contributed by atoms with E-state index in [1.165, 1.54) is 20.9 Å². The zero-order valence-corrected chi connectivity index (χ0v) is 13.5. The molecule has 2 rings (SSSR count). The first-order valence-corrected chi connectivity index (χ1v) is 8.00. The van der Waals surface area contributed by atoms with Crippen molar-refractivity contribution in [2.24, 2.45) is 0 Å². The van der Waals surface area contributed by atoms with Crippen LogP contribution in [0.4, 0.5) is 0 Å². The minimum atomic E-state index is 0.934. The van der Waals surface area contributed by atoms with E-state index in [2.05, 4.69) is 67.6 Å². The van der Waals surface area contributed by atoms with Crippen LogP contribution in [-0.2, 0) is 26.1 Å². The minimum absolute atomic E-state index is 0.934. The van der Waals surface area contributed by atoms with Crippen LogP contribution >= 0.6 is 11.3 Å². The Kier molecular flexibility index (Phi) is 5.77. The van der Waals surface area contributed by atoms with Crippen LogP contribution in [0.2, 0.25) is 0 Å². The van der Waals surface area contributed by atoms with Gasteiger partial charge < -0.3 is 10.2 Å². The zero-order chi connectivity index (χ0) is 14.4. The summed E-state index contributed by atoms with van der Waals surface area (Å²) in [4.78, 5) is 5.10. The highest BCUT2D eigenvalue weighted by Crippen LogP contribution is 2.17. The summed E-state index contributed by atoms with van der Waals surface area (Å²) < 4.78 is 0. The van der Waals surface area contributed by atoms with Gasteiger partial charge in [0.15, 0.2) is 0 Å². The SMILES string of the molecule is CCc1ccc(CNCc2ccccc2CN(C)C)s1. The van der Waals surface area contributed by atoms with Gasteiger partial charge in [-0.05, 0) is 43.8 Å². The molecule has 0 fully saturated rings. The Morgan fingerprint density at radius 2 is 1.65 bits per heavy atom. The van der Waals surface area contributed by atoms with Crippen LogP contribution in [0.15, 0.2) is 36.4 Å². The van der Waals surface area contributed by atoms with Gasteiger partial charge in [0.1, 0.15) is 0 Å². The Morgan fingerprint density at radius 1 is 0.950 bits per heavy atom. The van der Waals surface area contributed by atoms with E-state index < -0.39 is 0 Å². The van der Waals surface area contributed by atoms with Gasteiger partial charge in [-0.25, -0.2) is 0 Å². The fraction of sp³-hybridized carbons (Fsp3) is 0.412. The maximum Gasteiger partial charge on any atom is 0.0303 e. The first-order chi connectivity index (χ1) is 9.69. The lowest BCUT2D eigenvalue weighted by Crippen LogP contribution is -2.16. The molecule has 1 aromatic heterocycles. The van der Waals surface area contributed by atoms with Gasteiger partial charge in [0.2, 0.25) is 0 Å². The summed E-state index contributed by atoms with van der Waals surface area (Å²) in [6.45, 7) is 5.10. The molecule has 1 aromatic carbocycles. The Bertz CT molecular complexity index is 531. The second kappa shape index (κ2) is 7.58. The fourth-order valence-electron chi connectivity index (χ4n) is 2.25. The van der Waals surface area contributed by atoms with Crippen molar-refractivity contribution in [3.8, 4) is 0 Å². The van der Waals surface area contributed by atoms with Gasteiger partial charge in [-0.1, -0.05) is 31.2 Å². The first kappa shape index (κ1) is 15.2. The van der Waals surface area contributed by atoms with Crippen molar-refractivity contribution in [2.45, 2.75) is 33.0 Å². The zero-order valence-electron chi connectivity index (χ0n) is 12.6. The van der Waals surface area contributed by atoms with Gasteiger partial charge in [0.05, 0.1) is 0 Å². The van der Waals surface area contributed by atoms with Crippen LogP contribution in [-0.4, -0.2) is 19.0 Å².